The molecule has 0 atom stereocenters. The maximum absolute atomic E-state index is 13.9. The summed E-state index contributed by atoms with van der Waals surface area (Å²) in [5, 5.41) is 80.2. The number of aromatic amines is 4. The first-order chi connectivity index (χ1) is 49.0. The lowest BCUT2D eigenvalue weighted by Crippen LogP contribution is -2.18. The van der Waals surface area contributed by atoms with Crippen LogP contribution in [0.2, 0.25) is 15.2 Å². The van der Waals surface area contributed by atoms with Gasteiger partial charge in [0.1, 0.15) is 28.2 Å². The average molecular weight is 1450 g/mol. The number of anilines is 4. The molecule has 10 N–H and O–H groups in total. The van der Waals surface area contributed by atoms with E-state index in [0.29, 0.717) is 28.2 Å². The number of rotatable bonds is 16. The molecule has 9 aromatic heterocycles. The highest BCUT2D eigenvalue weighted by Gasteiger charge is 2.25. The molecule has 0 aliphatic carbocycles. The fourth-order valence-corrected chi connectivity index (χ4v) is 8.60. The Morgan fingerprint density at radius 2 is 1.00 bits per heavy atom. The van der Waals surface area contributed by atoms with E-state index >= 15 is 0 Å². The molecule has 0 aliphatic heterocycles. The zero-order valence-electron chi connectivity index (χ0n) is 51.2. The number of hydrogen-bond acceptors (Lipinski definition) is 24. The number of carbonyl (C=O) groups is 8. The molecule has 4 amide bonds. The van der Waals surface area contributed by atoms with E-state index in [2.05, 4.69) is 135 Å². The van der Waals surface area contributed by atoms with Gasteiger partial charge < -0.3 is 45.5 Å². The third-order valence-electron chi connectivity index (χ3n) is 13.0. The van der Waals surface area contributed by atoms with Gasteiger partial charge in [0.05, 0.1) is 129 Å². The molecule has 36 nitrogen and oxygen atoms in total. The van der Waals surface area contributed by atoms with E-state index < -0.39 is 70.4 Å². The number of nitrogens with zero attached hydrogens (tertiary/aromatic N) is 15. The summed E-state index contributed by atoms with van der Waals surface area (Å²) in [5.41, 5.74) is 1.42. The maximum Gasteiger partial charge on any atom is 0.356 e. The van der Waals surface area contributed by atoms with Crippen molar-refractivity contribution in [1.29, 1.82) is 0 Å². The van der Waals surface area contributed by atoms with Crippen molar-refractivity contribution in [1.82, 2.24) is 96.1 Å². The van der Waals surface area contributed by atoms with Gasteiger partial charge in [-0.1, -0.05) is 68.1 Å². The third kappa shape index (κ3) is 17.1. The first-order valence-electron chi connectivity index (χ1n) is 27.6. The number of hydrogen-bond donors (Lipinski definition) is 10. The molecule has 0 radical (unpaired) electrons. The number of esters is 2. The first-order valence-corrected chi connectivity index (χ1v) is 28.8. The van der Waals surface area contributed by atoms with Crippen molar-refractivity contribution >= 4 is 105 Å². The van der Waals surface area contributed by atoms with Gasteiger partial charge in [-0.2, -0.15) is 25.4 Å². The third-order valence-corrected chi connectivity index (χ3v) is 14.0. The SMILES string of the molecule is C#Cc1cc(NC(=O)c2ccc(-c3cn[nH]c3)nn2)c(C(=O)O)nc1Cl.C#Cc1cc(NC(=O)c2cn(-c3cn[nH]c3)nn2)c(C(=O)O)cc1F.C#Cc1cc(NC(=O)c2cn(-c3cn[nH]c3)nn2)c(C(=O)OC)cc1F.COC(=O)c1cc(Cl)c(Cl)cc1NC(=O)c1nc(-c2cn[nH]c2)no1. The smallest absolute Gasteiger partial charge is 0.356 e. The second kappa shape index (κ2) is 32.4. The van der Waals surface area contributed by atoms with Gasteiger partial charge in [-0.05, 0) is 54.6 Å². The van der Waals surface area contributed by atoms with Crippen molar-refractivity contribution in [3.05, 3.63) is 205 Å². The zero-order chi connectivity index (χ0) is 73.3. The molecule has 9 heterocycles. The van der Waals surface area contributed by atoms with Crippen LogP contribution in [0.4, 0.5) is 31.5 Å². The molecule has 41 heteroatoms. The van der Waals surface area contributed by atoms with Crippen LogP contribution in [0.3, 0.4) is 0 Å². The number of aromatic carboxylic acids is 2. The van der Waals surface area contributed by atoms with Gasteiger partial charge in [0, 0.05) is 30.4 Å². The average Bonchev–Trinajstić information content (AvgIpc) is 1.02. The fraction of sp³-hybridized carbons (Fsp3) is 0.0328. The predicted molar refractivity (Wildman–Crippen MR) is 349 cm³/mol. The molecule has 12 aromatic rings. The number of carbonyl (C=O) groups excluding carboxylic acids is 6. The largest absolute Gasteiger partial charge is 0.478 e. The number of methoxy groups -OCH3 is 2. The Balaban J connectivity index is 0.000000158. The van der Waals surface area contributed by atoms with Gasteiger partial charge in [-0.25, -0.2) is 42.3 Å². The number of pyridine rings is 1. The quantitative estimate of drug-likeness (QED) is 0.0268. The van der Waals surface area contributed by atoms with E-state index in [1.165, 1.54) is 84.0 Å². The minimum absolute atomic E-state index is 0.00550. The molecule has 12 rings (SSSR count). The molecule has 0 bridgehead atoms. The summed E-state index contributed by atoms with van der Waals surface area (Å²) in [6.07, 6.45) is 30.6. The van der Waals surface area contributed by atoms with Gasteiger partial charge in [-0.15, -0.1) is 39.7 Å². The van der Waals surface area contributed by atoms with E-state index in [4.69, 9.17) is 63.7 Å². The number of ether oxygens (including phenoxy) is 2. The molecule has 0 unspecified atom stereocenters. The van der Waals surface area contributed by atoms with Crippen LogP contribution in [-0.2, 0) is 9.47 Å². The lowest BCUT2D eigenvalue weighted by Gasteiger charge is -2.10. The number of terminal acetylenes is 3. The summed E-state index contributed by atoms with van der Waals surface area (Å²) in [4.78, 5) is 103. The Hall–Kier alpha value is -14.7. The molecule has 0 aliphatic rings. The van der Waals surface area contributed by atoms with Crippen molar-refractivity contribution in [2.75, 3.05) is 35.5 Å². The van der Waals surface area contributed by atoms with Crippen molar-refractivity contribution in [3.63, 3.8) is 0 Å². The van der Waals surface area contributed by atoms with E-state index in [1.54, 1.807) is 30.9 Å². The summed E-state index contributed by atoms with van der Waals surface area (Å²) < 4.78 is 44.3. The number of benzene rings is 3. The highest BCUT2D eigenvalue weighted by molar-refractivity contribution is 6.42. The Labute approximate surface area is 581 Å². The van der Waals surface area contributed by atoms with Crippen molar-refractivity contribution < 1.29 is 71.3 Å². The molecular formula is C61H38Cl3F2N23O13. The van der Waals surface area contributed by atoms with Crippen LogP contribution in [-0.4, -0.2) is 168 Å². The molecular weight excluding hydrogens is 1410 g/mol. The first kappa shape index (κ1) is 71.6. The minimum Gasteiger partial charge on any atom is -0.478 e. The minimum atomic E-state index is -1.42. The normalized spacial score (nSPS) is 10.3. The van der Waals surface area contributed by atoms with E-state index in [9.17, 15) is 52.2 Å². The molecule has 0 fully saturated rings. The van der Waals surface area contributed by atoms with Gasteiger partial charge in [0.2, 0.25) is 5.82 Å². The molecule has 0 spiro atoms. The summed E-state index contributed by atoms with van der Waals surface area (Å²) in [6.45, 7) is 0. The van der Waals surface area contributed by atoms with Crippen LogP contribution < -0.4 is 21.3 Å². The zero-order valence-corrected chi connectivity index (χ0v) is 53.5. The van der Waals surface area contributed by atoms with E-state index in [0.717, 1.165) is 25.3 Å². The van der Waals surface area contributed by atoms with Gasteiger partial charge in [-0.3, -0.25) is 39.6 Å². The number of aromatic nitrogens is 19. The van der Waals surface area contributed by atoms with Gasteiger partial charge in [0.15, 0.2) is 22.8 Å². The lowest BCUT2D eigenvalue weighted by atomic mass is 10.1. The number of nitrogens with one attached hydrogen (secondary N) is 8. The molecule has 0 saturated carbocycles. The Morgan fingerprint density at radius 1 is 0.529 bits per heavy atom. The van der Waals surface area contributed by atoms with Crippen LogP contribution in [0.1, 0.15) is 100 Å². The van der Waals surface area contributed by atoms with Crippen LogP contribution >= 0.6 is 34.8 Å². The van der Waals surface area contributed by atoms with Crippen LogP contribution in [0, 0.1) is 48.7 Å². The van der Waals surface area contributed by atoms with Crippen molar-refractivity contribution in [2.24, 2.45) is 0 Å². The van der Waals surface area contributed by atoms with Gasteiger partial charge in [0.25, 0.3) is 17.7 Å². The Morgan fingerprint density at radius 3 is 1.49 bits per heavy atom. The molecule has 510 valence electrons. The van der Waals surface area contributed by atoms with Gasteiger partial charge >= 0.3 is 35.7 Å². The number of halogens is 5. The Bertz CT molecular complexity index is 5300. The predicted octanol–water partition coefficient (Wildman–Crippen LogP) is 6.86. The Kier molecular flexibility index (Phi) is 22.7. The maximum atomic E-state index is 13.9. The van der Waals surface area contributed by atoms with Crippen LogP contribution in [0.25, 0.3) is 34.0 Å². The number of carboxylic acid groups (broad SMARTS) is 2. The highest BCUT2D eigenvalue weighted by Crippen LogP contribution is 2.31. The van der Waals surface area contributed by atoms with Crippen molar-refractivity contribution in [3.8, 4) is 71.1 Å². The number of amides is 4. The fourth-order valence-electron chi connectivity index (χ4n) is 8.08. The molecule has 102 heavy (non-hydrogen) atoms. The summed E-state index contributed by atoms with van der Waals surface area (Å²) in [5.74, 6) is -2.42. The summed E-state index contributed by atoms with van der Waals surface area (Å²) in [7, 11) is 2.34. The topological polar surface area (TPSA) is 497 Å². The molecule has 3 aromatic carbocycles. The molecule has 0 saturated heterocycles. The number of H-pyrrole nitrogens is 4. The summed E-state index contributed by atoms with van der Waals surface area (Å²) in [6, 6.07) is 10.8. The standard InChI is InChI=1S/C16H9ClN6O3.C16H11FN6O3.C15H9FN6O3.C14H9Cl2N5O4/c1-2-8-5-12(13(16(25)26)21-14(8)17)20-15(24)11-4-3-10(22-23-11)9-6-18-19-7-9;1-3-9-4-13(11(5-12(9)17)16(25)26-2)20-15(24)14-8-23(22-21-14)10-6-18-19-7-10;1-2-8-3-12(10(15(24)25)4-11(8)16)19-14(23)13-7-22(21-20-13)9-5-17-18-6-9;1-24-14(23)7-2-8(15)9(16)3-10(7)19-12(22)13-20-11(21-25-13)6-4-17-18-5-6/h1,3-7H,(H,18,19)(H,20,24)(H,25,26);1,4-8H,2H3,(H,18,19)(H,20,24);1,3-7H,(H,17,18)(H,19,23)(H,24,25);2-5H,1H3,(H,17,18)(H,19,22). The van der Waals surface area contributed by atoms with Crippen molar-refractivity contribution in [2.45, 2.75) is 0 Å². The highest BCUT2D eigenvalue weighted by atomic mass is 35.5. The lowest BCUT2D eigenvalue weighted by molar-refractivity contribution is 0.0592. The monoisotopic (exact) mass is 1440 g/mol. The van der Waals surface area contributed by atoms with Crippen LogP contribution in [0.5, 0.6) is 0 Å². The van der Waals surface area contributed by atoms with E-state index in [-0.39, 0.29) is 94.6 Å². The summed E-state index contributed by atoms with van der Waals surface area (Å²) >= 11 is 17.6. The van der Waals surface area contributed by atoms with E-state index in [1.807, 2.05) is 0 Å². The second-order valence-electron chi connectivity index (χ2n) is 19.3. The number of carboxylic acids is 2. The van der Waals surface area contributed by atoms with Crippen LogP contribution in [0.15, 0.2) is 121 Å². The second-order valence-corrected chi connectivity index (χ2v) is 20.5.